The molecule has 2 heterocycles. The number of pyridine rings is 1. The molecule has 0 amide bonds. The zero-order chi connectivity index (χ0) is 10.5. The second-order valence-electron chi connectivity index (χ2n) is 4.09. The van der Waals surface area contributed by atoms with Crippen molar-refractivity contribution in [1.29, 1.82) is 0 Å². The van der Waals surface area contributed by atoms with E-state index in [0.717, 1.165) is 31.2 Å². The summed E-state index contributed by atoms with van der Waals surface area (Å²) < 4.78 is 5.31. The van der Waals surface area contributed by atoms with Crippen molar-refractivity contribution < 1.29 is 4.74 Å². The Labute approximate surface area is 90.9 Å². The minimum Gasteiger partial charge on any atom is -0.495 e. The lowest BCUT2D eigenvalue weighted by molar-refractivity contribution is 0.360. The maximum Gasteiger partial charge on any atom is 0.140 e. The van der Waals surface area contributed by atoms with Gasteiger partial charge in [0.2, 0.25) is 0 Å². The molecule has 82 valence electrons. The molecule has 1 saturated heterocycles. The highest BCUT2D eigenvalue weighted by Crippen LogP contribution is 2.23. The fourth-order valence-corrected chi connectivity index (χ4v) is 2.16. The van der Waals surface area contributed by atoms with Gasteiger partial charge in [0, 0.05) is 6.20 Å². The molecule has 0 saturated carbocycles. The lowest BCUT2D eigenvalue weighted by Crippen LogP contribution is -2.28. The van der Waals surface area contributed by atoms with Crippen molar-refractivity contribution in [1.82, 2.24) is 10.3 Å². The molecule has 3 nitrogen and oxygen atoms in total. The Morgan fingerprint density at radius 3 is 3.00 bits per heavy atom. The van der Waals surface area contributed by atoms with E-state index in [0.29, 0.717) is 0 Å². The van der Waals surface area contributed by atoms with Crippen LogP contribution in [0.25, 0.3) is 0 Å². The standard InChI is InChI=1S/C12H18N2O/c1-15-12-9-14-7-4-11(12)8-10-2-5-13-6-3-10/h4,7,9-10,13H,2-3,5-6,8H2,1H3. The van der Waals surface area contributed by atoms with E-state index in [1.165, 1.54) is 18.4 Å². The van der Waals surface area contributed by atoms with E-state index in [1.54, 1.807) is 13.3 Å². The second-order valence-corrected chi connectivity index (χ2v) is 4.09. The molecule has 0 atom stereocenters. The molecule has 1 aliphatic heterocycles. The van der Waals surface area contributed by atoms with Crippen molar-refractivity contribution in [3.8, 4) is 5.75 Å². The summed E-state index contributed by atoms with van der Waals surface area (Å²) in [5.41, 5.74) is 1.29. The SMILES string of the molecule is COc1cnccc1CC1CCNCC1. The lowest BCUT2D eigenvalue weighted by atomic mass is 9.91. The molecule has 0 spiro atoms. The fourth-order valence-electron chi connectivity index (χ4n) is 2.16. The van der Waals surface area contributed by atoms with Crippen molar-refractivity contribution >= 4 is 0 Å². The van der Waals surface area contributed by atoms with Crippen LogP contribution in [-0.2, 0) is 6.42 Å². The number of hydrogen-bond donors (Lipinski definition) is 1. The Balaban J connectivity index is 2.02. The molecule has 1 aromatic rings. The summed E-state index contributed by atoms with van der Waals surface area (Å²) >= 11 is 0. The third-order valence-electron chi connectivity index (χ3n) is 3.06. The predicted molar refractivity (Wildman–Crippen MR) is 60.1 cm³/mol. The maximum atomic E-state index is 5.31. The number of aromatic nitrogens is 1. The number of piperidine rings is 1. The summed E-state index contributed by atoms with van der Waals surface area (Å²) in [7, 11) is 1.71. The predicted octanol–water partition coefficient (Wildman–Crippen LogP) is 1.63. The van der Waals surface area contributed by atoms with Crippen molar-refractivity contribution in [3.63, 3.8) is 0 Å². The first kappa shape index (κ1) is 10.4. The molecule has 15 heavy (non-hydrogen) atoms. The molecule has 0 unspecified atom stereocenters. The molecule has 0 radical (unpaired) electrons. The molecule has 3 heteroatoms. The normalized spacial score (nSPS) is 17.7. The van der Waals surface area contributed by atoms with Crippen LogP contribution in [0, 0.1) is 5.92 Å². The number of ether oxygens (including phenoxy) is 1. The van der Waals surface area contributed by atoms with E-state index in [1.807, 2.05) is 6.20 Å². The van der Waals surface area contributed by atoms with Crippen molar-refractivity contribution in [2.24, 2.45) is 5.92 Å². The van der Waals surface area contributed by atoms with Crippen LogP contribution in [0.3, 0.4) is 0 Å². The van der Waals surface area contributed by atoms with Crippen LogP contribution >= 0.6 is 0 Å². The van der Waals surface area contributed by atoms with E-state index >= 15 is 0 Å². The largest absolute Gasteiger partial charge is 0.495 e. The molecular weight excluding hydrogens is 188 g/mol. The van der Waals surface area contributed by atoms with Gasteiger partial charge in [0.05, 0.1) is 13.3 Å². The van der Waals surface area contributed by atoms with Gasteiger partial charge in [-0.1, -0.05) is 0 Å². The van der Waals surface area contributed by atoms with Gasteiger partial charge >= 0.3 is 0 Å². The van der Waals surface area contributed by atoms with Crippen LogP contribution in [0.1, 0.15) is 18.4 Å². The Morgan fingerprint density at radius 2 is 2.27 bits per heavy atom. The zero-order valence-corrected chi connectivity index (χ0v) is 9.20. The Bertz CT molecular complexity index is 308. The van der Waals surface area contributed by atoms with Crippen LogP contribution in [0.5, 0.6) is 5.75 Å². The van der Waals surface area contributed by atoms with E-state index in [2.05, 4.69) is 16.4 Å². The highest BCUT2D eigenvalue weighted by atomic mass is 16.5. The summed E-state index contributed by atoms with van der Waals surface area (Å²) in [4.78, 5) is 4.07. The van der Waals surface area contributed by atoms with Crippen LogP contribution < -0.4 is 10.1 Å². The summed E-state index contributed by atoms with van der Waals surface area (Å²) in [6.45, 7) is 2.30. The monoisotopic (exact) mass is 206 g/mol. The van der Waals surface area contributed by atoms with Crippen LogP contribution in [-0.4, -0.2) is 25.2 Å². The molecule has 1 aromatic heterocycles. The van der Waals surface area contributed by atoms with Gasteiger partial charge in [-0.05, 0) is 49.9 Å². The number of nitrogens with one attached hydrogen (secondary N) is 1. The fraction of sp³-hybridized carbons (Fsp3) is 0.583. The number of nitrogens with zero attached hydrogens (tertiary/aromatic N) is 1. The first-order chi connectivity index (χ1) is 7.40. The number of methoxy groups -OCH3 is 1. The number of hydrogen-bond acceptors (Lipinski definition) is 3. The van der Waals surface area contributed by atoms with E-state index in [4.69, 9.17) is 4.74 Å². The van der Waals surface area contributed by atoms with Gasteiger partial charge in [-0.15, -0.1) is 0 Å². The van der Waals surface area contributed by atoms with E-state index < -0.39 is 0 Å². The maximum absolute atomic E-state index is 5.31. The molecule has 0 aliphatic carbocycles. The van der Waals surface area contributed by atoms with Crippen LogP contribution in [0.2, 0.25) is 0 Å². The van der Waals surface area contributed by atoms with Gasteiger partial charge in [-0.25, -0.2) is 0 Å². The third-order valence-corrected chi connectivity index (χ3v) is 3.06. The van der Waals surface area contributed by atoms with Crippen LogP contribution in [0.15, 0.2) is 18.5 Å². The lowest BCUT2D eigenvalue weighted by Gasteiger charge is -2.23. The summed E-state index contributed by atoms with van der Waals surface area (Å²) in [6, 6.07) is 2.07. The topological polar surface area (TPSA) is 34.1 Å². The molecular formula is C12H18N2O. The molecule has 1 fully saturated rings. The van der Waals surface area contributed by atoms with Gasteiger partial charge in [-0.2, -0.15) is 0 Å². The first-order valence-corrected chi connectivity index (χ1v) is 5.57. The molecule has 2 rings (SSSR count). The zero-order valence-electron chi connectivity index (χ0n) is 9.20. The highest BCUT2D eigenvalue weighted by Gasteiger charge is 2.15. The van der Waals surface area contributed by atoms with Gasteiger partial charge in [0.15, 0.2) is 0 Å². The summed E-state index contributed by atoms with van der Waals surface area (Å²) in [5.74, 6) is 1.72. The van der Waals surface area contributed by atoms with E-state index in [-0.39, 0.29) is 0 Å². The van der Waals surface area contributed by atoms with Crippen LogP contribution in [0.4, 0.5) is 0 Å². The van der Waals surface area contributed by atoms with Crippen molar-refractivity contribution in [2.75, 3.05) is 20.2 Å². The van der Waals surface area contributed by atoms with Gasteiger partial charge in [0.1, 0.15) is 5.75 Å². The molecule has 1 N–H and O–H groups in total. The van der Waals surface area contributed by atoms with Crippen molar-refractivity contribution in [3.05, 3.63) is 24.0 Å². The van der Waals surface area contributed by atoms with Crippen molar-refractivity contribution in [2.45, 2.75) is 19.3 Å². The average Bonchev–Trinajstić information content (AvgIpc) is 2.31. The number of rotatable bonds is 3. The average molecular weight is 206 g/mol. The smallest absolute Gasteiger partial charge is 0.140 e. The second kappa shape index (κ2) is 5.12. The minimum absolute atomic E-state index is 0.794. The quantitative estimate of drug-likeness (QED) is 0.816. The van der Waals surface area contributed by atoms with Gasteiger partial charge < -0.3 is 10.1 Å². The highest BCUT2D eigenvalue weighted by molar-refractivity contribution is 5.30. The molecule has 1 aliphatic rings. The van der Waals surface area contributed by atoms with E-state index in [9.17, 15) is 0 Å². The molecule has 0 bridgehead atoms. The van der Waals surface area contributed by atoms with Gasteiger partial charge in [0.25, 0.3) is 0 Å². The Hall–Kier alpha value is -1.09. The Kier molecular flexibility index (Phi) is 3.56. The Morgan fingerprint density at radius 1 is 1.47 bits per heavy atom. The summed E-state index contributed by atoms with van der Waals surface area (Å²) in [6.07, 6.45) is 7.31. The van der Waals surface area contributed by atoms with Gasteiger partial charge in [-0.3, -0.25) is 4.98 Å². The minimum atomic E-state index is 0.794. The molecule has 0 aromatic carbocycles. The summed E-state index contributed by atoms with van der Waals surface area (Å²) in [5, 5.41) is 3.39. The first-order valence-electron chi connectivity index (χ1n) is 5.57. The third kappa shape index (κ3) is 2.69.